The van der Waals surface area contributed by atoms with Crippen LogP contribution in [0.2, 0.25) is 0 Å². The number of amides is 1. The molecule has 2 aliphatic heterocycles. The van der Waals surface area contributed by atoms with Gasteiger partial charge < -0.3 is 20.1 Å². The number of rotatable bonds is 8. The second-order valence-electron chi connectivity index (χ2n) is 7.20. The van der Waals surface area contributed by atoms with Gasteiger partial charge in [0.2, 0.25) is 5.91 Å². The van der Waals surface area contributed by atoms with Crippen LogP contribution in [0.25, 0.3) is 0 Å². The molecule has 1 amide bonds. The molecule has 2 aliphatic rings. The van der Waals surface area contributed by atoms with Gasteiger partial charge in [-0.3, -0.25) is 4.79 Å². The molecule has 1 aromatic heterocycles. The third-order valence-electron chi connectivity index (χ3n) is 5.01. The van der Waals surface area contributed by atoms with Crippen LogP contribution >= 0.6 is 11.8 Å². The first-order chi connectivity index (χ1) is 14.3. The van der Waals surface area contributed by atoms with Gasteiger partial charge in [0, 0.05) is 25.4 Å². The number of thioether (sulfide) groups is 1. The molecule has 12 heteroatoms. The lowest BCUT2D eigenvalue weighted by atomic mass is 10.1. The number of carbonyl (C=O) groups is 2. The summed E-state index contributed by atoms with van der Waals surface area (Å²) in [6, 6.07) is -0.343. The molecule has 3 heterocycles. The first kappa shape index (κ1) is 22.8. The van der Waals surface area contributed by atoms with Gasteiger partial charge in [-0.25, -0.2) is 23.2 Å². The molecule has 0 saturated carbocycles. The Morgan fingerprint density at radius 3 is 2.80 bits per heavy atom. The van der Waals surface area contributed by atoms with Crippen molar-refractivity contribution < 1.29 is 27.5 Å². The van der Waals surface area contributed by atoms with E-state index in [9.17, 15) is 18.0 Å². The van der Waals surface area contributed by atoms with Crippen molar-refractivity contribution in [3.8, 4) is 0 Å². The Morgan fingerprint density at radius 2 is 2.20 bits per heavy atom. The molecular weight excluding hydrogens is 432 g/mol. The average Bonchev–Trinajstić information content (AvgIpc) is 3.33. The molecule has 0 bridgehead atoms. The van der Waals surface area contributed by atoms with Crippen molar-refractivity contribution in [3.63, 3.8) is 0 Å². The maximum atomic E-state index is 12.9. The highest BCUT2D eigenvalue weighted by Gasteiger charge is 2.36. The van der Waals surface area contributed by atoms with Crippen molar-refractivity contribution in [1.29, 1.82) is 0 Å². The lowest BCUT2D eigenvalue weighted by Crippen LogP contribution is -2.46. The van der Waals surface area contributed by atoms with Gasteiger partial charge in [0.05, 0.1) is 30.0 Å². The third kappa shape index (κ3) is 5.82. The van der Waals surface area contributed by atoms with Crippen LogP contribution in [0.15, 0.2) is 11.4 Å². The minimum absolute atomic E-state index is 0.0171. The second kappa shape index (κ2) is 9.92. The van der Waals surface area contributed by atoms with E-state index in [1.165, 1.54) is 6.20 Å². The lowest BCUT2D eigenvalue weighted by Gasteiger charge is -2.30. The highest BCUT2D eigenvalue weighted by atomic mass is 32.2. The van der Waals surface area contributed by atoms with Crippen LogP contribution in [0.5, 0.6) is 0 Å². The molecule has 0 aliphatic carbocycles. The van der Waals surface area contributed by atoms with Gasteiger partial charge in [-0.2, -0.15) is 0 Å². The number of hydrogen-bond donors (Lipinski definition) is 1. The number of ether oxygens (including phenoxy) is 2. The summed E-state index contributed by atoms with van der Waals surface area (Å²) in [5.74, 6) is -0.719. The van der Waals surface area contributed by atoms with Crippen LogP contribution in [-0.4, -0.2) is 84.3 Å². The predicted octanol–water partition coefficient (Wildman–Crippen LogP) is 0.522. The minimum Gasteiger partial charge on any atom is -0.462 e. The van der Waals surface area contributed by atoms with Crippen LogP contribution in [-0.2, 0) is 24.1 Å². The highest BCUT2D eigenvalue weighted by Crippen LogP contribution is 2.24. The number of nitrogens with two attached hydrogens (primary N) is 1. The summed E-state index contributed by atoms with van der Waals surface area (Å²) in [6.07, 6.45) is 3.43. The van der Waals surface area contributed by atoms with Gasteiger partial charge in [-0.05, 0) is 26.2 Å². The van der Waals surface area contributed by atoms with E-state index in [1.54, 1.807) is 11.8 Å². The number of aromatic nitrogens is 2. The summed E-state index contributed by atoms with van der Waals surface area (Å²) in [5, 5.41) is 0.255. The number of nitrogens with zero attached hydrogens (tertiary/aromatic N) is 3. The standard InChI is InChI=1S/C18H26N4O6S2/c1-2-27-17(24)14-8-20-18(21-16(14)19)29-10-15(23)22(9-13-4-3-6-28-13)12-5-7-30(25,26)11-12/h8,12-13H,2-7,9-11H2,1H3,(H2,19,20,21). The summed E-state index contributed by atoms with van der Waals surface area (Å²) < 4.78 is 34.4. The molecule has 2 unspecified atom stereocenters. The Hall–Kier alpha value is -1.92. The normalized spacial score (nSPS) is 22.7. The summed E-state index contributed by atoms with van der Waals surface area (Å²) in [6.45, 7) is 2.93. The van der Waals surface area contributed by atoms with Crippen LogP contribution in [0.3, 0.4) is 0 Å². The van der Waals surface area contributed by atoms with E-state index in [0.29, 0.717) is 19.6 Å². The quantitative estimate of drug-likeness (QED) is 0.333. The Labute approximate surface area is 179 Å². The molecule has 2 atom stereocenters. The topological polar surface area (TPSA) is 142 Å². The van der Waals surface area contributed by atoms with Crippen LogP contribution in [0, 0.1) is 0 Å². The maximum absolute atomic E-state index is 12.9. The summed E-state index contributed by atoms with van der Waals surface area (Å²) in [4.78, 5) is 34.5. The van der Waals surface area contributed by atoms with Gasteiger partial charge in [0.15, 0.2) is 15.0 Å². The van der Waals surface area contributed by atoms with Crippen LogP contribution in [0.4, 0.5) is 5.82 Å². The van der Waals surface area contributed by atoms with E-state index in [-0.39, 0.29) is 58.5 Å². The highest BCUT2D eigenvalue weighted by molar-refractivity contribution is 7.99. The Balaban J connectivity index is 1.65. The van der Waals surface area contributed by atoms with Crippen molar-refractivity contribution in [3.05, 3.63) is 11.8 Å². The molecule has 166 valence electrons. The SMILES string of the molecule is CCOC(=O)c1cnc(SCC(=O)N(CC2CCCO2)C2CCS(=O)(=O)C2)nc1N. The maximum Gasteiger partial charge on any atom is 0.343 e. The van der Waals surface area contributed by atoms with E-state index in [2.05, 4.69) is 9.97 Å². The average molecular weight is 459 g/mol. The van der Waals surface area contributed by atoms with Crippen molar-refractivity contribution >= 4 is 39.3 Å². The first-order valence-corrected chi connectivity index (χ1v) is 12.6. The van der Waals surface area contributed by atoms with E-state index < -0.39 is 15.8 Å². The van der Waals surface area contributed by atoms with Crippen molar-refractivity contribution in [2.75, 3.05) is 42.8 Å². The molecular formula is C18H26N4O6S2. The van der Waals surface area contributed by atoms with E-state index in [4.69, 9.17) is 15.2 Å². The number of hydrogen-bond acceptors (Lipinski definition) is 10. The zero-order chi connectivity index (χ0) is 21.7. The molecule has 2 N–H and O–H groups in total. The zero-order valence-corrected chi connectivity index (χ0v) is 18.4. The van der Waals surface area contributed by atoms with Crippen LogP contribution in [0.1, 0.15) is 36.5 Å². The molecule has 0 spiro atoms. The Morgan fingerprint density at radius 1 is 1.40 bits per heavy atom. The van der Waals surface area contributed by atoms with Crippen molar-refractivity contribution in [2.24, 2.45) is 0 Å². The fourth-order valence-electron chi connectivity index (χ4n) is 3.51. The molecule has 10 nitrogen and oxygen atoms in total. The molecule has 30 heavy (non-hydrogen) atoms. The first-order valence-electron chi connectivity index (χ1n) is 9.83. The van der Waals surface area contributed by atoms with E-state index in [1.807, 2.05) is 0 Å². The fraction of sp³-hybridized carbons (Fsp3) is 0.667. The van der Waals surface area contributed by atoms with E-state index >= 15 is 0 Å². The number of nitrogen functional groups attached to an aromatic ring is 1. The minimum atomic E-state index is -3.12. The summed E-state index contributed by atoms with van der Waals surface area (Å²) in [5.41, 5.74) is 5.89. The zero-order valence-electron chi connectivity index (χ0n) is 16.8. The smallest absolute Gasteiger partial charge is 0.343 e. The van der Waals surface area contributed by atoms with Gasteiger partial charge in [0.1, 0.15) is 11.4 Å². The van der Waals surface area contributed by atoms with Gasteiger partial charge in [-0.15, -0.1) is 0 Å². The molecule has 2 fully saturated rings. The number of carbonyl (C=O) groups excluding carboxylic acids is 2. The number of esters is 1. The monoisotopic (exact) mass is 458 g/mol. The lowest BCUT2D eigenvalue weighted by molar-refractivity contribution is -0.131. The summed E-state index contributed by atoms with van der Waals surface area (Å²) in [7, 11) is -3.12. The second-order valence-corrected chi connectivity index (χ2v) is 10.4. The third-order valence-corrected chi connectivity index (χ3v) is 7.61. The summed E-state index contributed by atoms with van der Waals surface area (Å²) >= 11 is 1.09. The molecule has 3 rings (SSSR count). The Bertz CT molecular complexity index is 889. The molecule has 1 aromatic rings. The van der Waals surface area contributed by atoms with Gasteiger partial charge in [0.25, 0.3) is 0 Å². The van der Waals surface area contributed by atoms with E-state index in [0.717, 1.165) is 24.6 Å². The Kier molecular flexibility index (Phi) is 7.53. The van der Waals surface area contributed by atoms with Gasteiger partial charge >= 0.3 is 5.97 Å². The van der Waals surface area contributed by atoms with Gasteiger partial charge in [-0.1, -0.05) is 11.8 Å². The number of sulfone groups is 1. The molecule has 2 saturated heterocycles. The predicted molar refractivity (Wildman–Crippen MR) is 111 cm³/mol. The fourth-order valence-corrected chi connectivity index (χ4v) is 5.95. The largest absolute Gasteiger partial charge is 0.462 e. The molecule has 0 aromatic carbocycles. The molecule has 0 radical (unpaired) electrons. The van der Waals surface area contributed by atoms with Crippen molar-refractivity contribution in [2.45, 2.75) is 43.5 Å². The number of anilines is 1. The van der Waals surface area contributed by atoms with Crippen LogP contribution < -0.4 is 5.73 Å². The van der Waals surface area contributed by atoms with Crippen molar-refractivity contribution in [1.82, 2.24) is 14.9 Å².